The van der Waals surface area contributed by atoms with Crippen LogP contribution in [0.2, 0.25) is 0 Å². The summed E-state index contributed by atoms with van der Waals surface area (Å²) in [7, 11) is 1.53. The maximum absolute atomic E-state index is 12.5. The van der Waals surface area contributed by atoms with Crippen LogP contribution in [0.25, 0.3) is 11.3 Å². The van der Waals surface area contributed by atoms with Gasteiger partial charge in [0.15, 0.2) is 12.2 Å². The minimum Gasteiger partial charge on any atom is -0.496 e. The Labute approximate surface area is 190 Å². The van der Waals surface area contributed by atoms with Crippen molar-refractivity contribution in [2.45, 2.75) is 26.0 Å². The predicted octanol–water partition coefficient (Wildman–Crippen LogP) is 3.99. The number of methoxy groups -OCH3 is 1. The molecular formula is C23H26N4O6. The quantitative estimate of drug-likeness (QED) is 0.384. The number of urea groups is 1. The molecule has 4 N–H and O–H groups in total. The maximum Gasteiger partial charge on any atom is 0.407 e. The van der Waals surface area contributed by atoms with Gasteiger partial charge in [0.2, 0.25) is 0 Å². The van der Waals surface area contributed by atoms with Crippen molar-refractivity contribution in [3.63, 3.8) is 0 Å². The van der Waals surface area contributed by atoms with E-state index in [0.29, 0.717) is 34.9 Å². The molecule has 10 nitrogen and oxygen atoms in total. The van der Waals surface area contributed by atoms with Gasteiger partial charge in [0.25, 0.3) is 0 Å². The highest BCUT2D eigenvalue weighted by Gasteiger charge is 2.13. The number of anilines is 2. The number of aliphatic hydroxyl groups excluding tert-OH is 1. The highest BCUT2D eigenvalue weighted by Crippen LogP contribution is 2.32. The number of nitrogens with one attached hydrogen (secondary N) is 3. The molecule has 0 aliphatic heterocycles. The van der Waals surface area contributed by atoms with Crippen LogP contribution in [0.15, 0.2) is 59.5 Å². The van der Waals surface area contributed by atoms with Gasteiger partial charge in [-0.05, 0) is 36.2 Å². The molecule has 0 bridgehead atoms. The Morgan fingerprint density at radius 2 is 1.94 bits per heavy atom. The van der Waals surface area contributed by atoms with Gasteiger partial charge in [-0.3, -0.25) is 0 Å². The number of hydrogen-bond donors (Lipinski definition) is 4. The third kappa shape index (κ3) is 6.71. The van der Waals surface area contributed by atoms with E-state index in [1.807, 2.05) is 6.92 Å². The highest BCUT2D eigenvalue weighted by atomic mass is 16.6. The van der Waals surface area contributed by atoms with Crippen LogP contribution in [0.3, 0.4) is 0 Å². The number of rotatable bonds is 9. The molecule has 0 radical (unpaired) electrons. The van der Waals surface area contributed by atoms with Crippen LogP contribution in [0, 0.1) is 0 Å². The summed E-state index contributed by atoms with van der Waals surface area (Å²) in [5.41, 5.74) is 2.55. The Kier molecular flexibility index (Phi) is 8.25. The molecule has 0 aliphatic rings. The molecular weight excluding hydrogens is 428 g/mol. The summed E-state index contributed by atoms with van der Waals surface area (Å²) < 4.78 is 15.8. The first kappa shape index (κ1) is 23.6. The van der Waals surface area contributed by atoms with Crippen LogP contribution in [0.4, 0.5) is 21.0 Å². The van der Waals surface area contributed by atoms with Gasteiger partial charge in [-0.15, -0.1) is 0 Å². The van der Waals surface area contributed by atoms with E-state index in [-0.39, 0.29) is 13.2 Å². The number of ether oxygens (including phenoxy) is 2. The zero-order valence-corrected chi connectivity index (χ0v) is 18.3. The third-order valence-corrected chi connectivity index (χ3v) is 4.71. The molecule has 33 heavy (non-hydrogen) atoms. The molecule has 0 aliphatic carbocycles. The number of carbonyl (C=O) groups is 2. The smallest absolute Gasteiger partial charge is 0.407 e. The molecule has 10 heteroatoms. The van der Waals surface area contributed by atoms with Gasteiger partial charge in [0.05, 0.1) is 25.5 Å². The average molecular weight is 454 g/mol. The van der Waals surface area contributed by atoms with Crippen molar-refractivity contribution in [1.29, 1.82) is 0 Å². The Morgan fingerprint density at radius 3 is 2.61 bits per heavy atom. The molecule has 0 saturated carbocycles. The first-order valence-corrected chi connectivity index (χ1v) is 10.3. The second kappa shape index (κ2) is 11.5. The molecule has 1 aromatic heterocycles. The maximum atomic E-state index is 12.5. The number of oxazole rings is 1. The van der Waals surface area contributed by atoms with E-state index in [0.717, 1.165) is 5.56 Å². The minimum atomic E-state index is -0.616. The zero-order chi connectivity index (χ0) is 23.6. The lowest BCUT2D eigenvalue weighted by Crippen LogP contribution is -2.30. The average Bonchev–Trinajstić information content (AvgIpc) is 3.36. The lowest BCUT2D eigenvalue weighted by atomic mass is 10.1. The summed E-state index contributed by atoms with van der Waals surface area (Å²) in [6.07, 6.45) is 2.28. The van der Waals surface area contributed by atoms with E-state index in [1.54, 1.807) is 48.7 Å². The second-order valence-electron chi connectivity index (χ2n) is 7.03. The molecule has 1 heterocycles. The minimum absolute atomic E-state index is 0.206. The van der Waals surface area contributed by atoms with Gasteiger partial charge >= 0.3 is 12.1 Å². The highest BCUT2D eigenvalue weighted by molar-refractivity contribution is 6.00. The summed E-state index contributed by atoms with van der Waals surface area (Å²) in [6.45, 7) is 1.79. The molecule has 3 aromatic rings. The fourth-order valence-corrected chi connectivity index (χ4v) is 2.99. The second-order valence-corrected chi connectivity index (χ2v) is 7.03. The number of nitrogens with zero attached hydrogens (tertiary/aromatic N) is 1. The predicted molar refractivity (Wildman–Crippen MR) is 122 cm³/mol. The van der Waals surface area contributed by atoms with Crippen LogP contribution < -0.4 is 20.7 Å². The van der Waals surface area contributed by atoms with Gasteiger partial charge in [-0.2, -0.15) is 0 Å². The van der Waals surface area contributed by atoms with Crippen molar-refractivity contribution < 1.29 is 28.6 Å². The van der Waals surface area contributed by atoms with Crippen LogP contribution in [-0.4, -0.2) is 42.0 Å². The van der Waals surface area contributed by atoms with E-state index in [9.17, 15) is 9.59 Å². The van der Waals surface area contributed by atoms with Crippen molar-refractivity contribution in [2.75, 3.05) is 24.4 Å². The van der Waals surface area contributed by atoms with Gasteiger partial charge in [0, 0.05) is 24.0 Å². The summed E-state index contributed by atoms with van der Waals surface area (Å²) in [4.78, 5) is 28.2. The van der Waals surface area contributed by atoms with Gasteiger partial charge < -0.3 is 34.9 Å². The van der Waals surface area contributed by atoms with Gasteiger partial charge in [0.1, 0.15) is 11.9 Å². The first-order chi connectivity index (χ1) is 16.0. The van der Waals surface area contributed by atoms with E-state index in [1.165, 1.54) is 13.5 Å². The normalized spacial score (nSPS) is 11.4. The SMILES string of the molecule is CC[C@@H](CO)OC(=O)NCc1cccc(NC(=O)Nc2ccc(-c3cnco3)c(OC)c2)c1. The number of benzene rings is 2. The summed E-state index contributed by atoms with van der Waals surface area (Å²) in [5.74, 6) is 1.08. The van der Waals surface area contributed by atoms with Gasteiger partial charge in [-0.1, -0.05) is 19.1 Å². The summed E-state index contributed by atoms with van der Waals surface area (Å²) in [5, 5.41) is 17.2. The van der Waals surface area contributed by atoms with Gasteiger partial charge in [-0.25, -0.2) is 14.6 Å². The lowest BCUT2D eigenvalue weighted by molar-refractivity contribution is 0.0553. The molecule has 3 amide bonds. The number of aliphatic hydroxyl groups is 1. The van der Waals surface area contributed by atoms with E-state index < -0.39 is 18.2 Å². The fourth-order valence-electron chi connectivity index (χ4n) is 2.99. The number of hydrogen-bond acceptors (Lipinski definition) is 7. The standard InChI is InChI=1S/C23H26N4O6/c1-3-18(13-28)33-23(30)25-11-15-5-4-6-16(9-15)26-22(29)27-17-7-8-19(20(10-17)31-2)21-12-24-14-32-21/h4-10,12,14,18,28H,3,11,13H2,1-2H3,(H,25,30)(H2,26,27,29)/t18-/m0/s1. The Morgan fingerprint density at radius 1 is 1.15 bits per heavy atom. The van der Waals surface area contributed by atoms with Crippen molar-refractivity contribution in [3.05, 3.63) is 60.6 Å². The van der Waals surface area contributed by atoms with Crippen LogP contribution in [0.5, 0.6) is 5.75 Å². The molecule has 0 unspecified atom stereocenters. The molecule has 0 spiro atoms. The molecule has 0 fully saturated rings. The van der Waals surface area contributed by atoms with Crippen molar-refractivity contribution in [1.82, 2.24) is 10.3 Å². The van der Waals surface area contributed by atoms with Crippen molar-refractivity contribution in [3.8, 4) is 17.1 Å². The number of amides is 3. The summed E-state index contributed by atoms with van der Waals surface area (Å²) >= 11 is 0. The topological polar surface area (TPSA) is 135 Å². The van der Waals surface area contributed by atoms with Crippen molar-refractivity contribution in [2.24, 2.45) is 0 Å². The van der Waals surface area contributed by atoms with E-state index >= 15 is 0 Å². The fraction of sp³-hybridized carbons (Fsp3) is 0.261. The number of carbonyl (C=O) groups excluding carboxylic acids is 2. The monoisotopic (exact) mass is 454 g/mol. The van der Waals surface area contributed by atoms with E-state index in [2.05, 4.69) is 20.9 Å². The Balaban J connectivity index is 1.57. The molecule has 174 valence electrons. The van der Waals surface area contributed by atoms with Crippen LogP contribution in [-0.2, 0) is 11.3 Å². The van der Waals surface area contributed by atoms with Crippen LogP contribution >= 0.6 is 0 Å². The molecule has 0 saturated heterocycles. The number of alkyl carbamates (subject to hydrolysis) is 1. The Hall–Kier alpha value is -4.05. The lowest BCUT2D eigenvalue weighted by Gasteiger charge is -2.14. The van der Waals surface area contributed by atoms with E-state index in [4.69, 9.17) is 19.0 Å². The molecule has 2 aromatic carbocycles. The van der Waals surface area contributed by atoms with Crippen LogP contribution in [0.1, 0.15) is 18.9 Å². The molecule has 3 rings (SSSR count). The summed E-state index contributed by atoms with van der Waals surface area (Å²) in [6, 6.07) is 11.8. The molecule has 1 atom stereocenters. The zero-order valence-electron chi connectivity index (χ0n) is 18.3. The number of aromatic nitrogens is 1. The first-order valence-electron chi connectivity index (χ1n) is 10.3. The van der Waals surface area contributed by atoms with Crippen molar-refractivity contribution >= 4 is 23.5 Å². The third-order valence-electron chi connectivity index (χ3n) is 4.71. The largest absolute Gasteiger partial charge is 0.496 e. The Bertz CT molecular complexity index is 1070.